The molecule has 2 nitrogen and oxygen atoms in total. The SMILES string of the molecule is OCc1ccc(OC(C2CCCCC2)C2CCCCC2)cc1. The summed E-state index contributed by atoms with van der Waals surface area (Å²) in [5, 5.41) is 9.18. The molecule has 2 aliphatic rings. The molecule has 2 heteroatoms. The monoisotopic (exact) mass is 302 g/mol. The zero-order valence-electron chi connectivity index (χ0n) is 13.7. The van der Waals surface area contributed by atoms with Crippen LogP contribution >= 0.6 is 0 Å². The summed E-state index contributed by atoms with van der Waals surface area (Å²) in [6.07, 6.45) is 14.1. The number of aliphatic hydroxyl groups is 1. The lowest BCUT2D eigenvalue weighted by atomic mass is 9.75. The van der Waals surface area contributed by atoms with E-state index in [1.165, 1.54) is 64.2 Å². The molecular weight excluding hydrogens is 272 g/mol. The summed E-state index contributed by atoms with van der Waals surface area (Å²) in [7, 11) is 0. The molecule has 0 heterocycles. The van der Waals surface area contributed by atoms with Crippen molar-refractivity contribution in [2.24, 2.45) is 11.8 Å². The Hall–Kier alpha value is -1.02. The predicted octanol–water partition coefficient (Wildman–Crippen LogP) is 5.09. The fourth-order valence-electron chi connectivity index (χ4n) is 4.33. The summed E-state index contributed by atoms with van der Waals surface area (Å²) < 4.78 is 6.51. The topological polar surface area (TPSA) is 29.5 Å². The first-order chi connectivity index (χ1) is 10.9. The van der Waals surface area contributed by atoms with Crippen molar-refractivity contribution in [1.82, 2.24) is 0 Å². The van der Waals surface area contributed by atoms with Crippen molar-refractivity contribution >= 4 is 0 Å². The van der Waals surface area contributed by atoms with Gasteiger partial charge in [0.25, 0.3) is 0 Å². The van der Waals surface area contributed by atoms with Crippen molar-refractivity contribution in [1.29, 1.82) is 0 Å². The molecule has 1 N–H and O–H groups in total. The second kappa shape index (κ2) is 8.01. The molecule has 3 rings (SSSR count). The summed E-state index contributed by atoms with van der Waals surface area (Å²) in [6, 6.07) is 8.02. The second-order valence-electron chi connectivity index (χ2n) is 7.18. The highest BCUT2D eigenvalue weighted by Crippen LogP contribution is 2.38. The van der Waals surface area contributed by atoms with Crippen LogP contribution in [-0.2, 0) is 6.61 Å². The van der Waals surface area contributed by atoms with E-state index in [0.717, 1.165) is 23.1 Å². The summed E-state index contributed by atoms with van der Waals surface area (Å²) in [6.45, 7) is 0.106. The Morgan fingerprint density at radius 3 is 1.77 bits per heavy atom. The molecular formula is C20H30O2. The molecule has 0 spiro atoms. The number of ether oxygens (including phenoxy) is 1. The largest absolute Gasteiger partial charge is 0.490 e. The average Bonchev–Trinajstić information content (AvgIpc) is 2.62. The highest BCUT2D eigenvalue weighted by molar-refractivity contribution is 5.27. The molecule has 1 aromatic carbocycles. The maximum Gasteiger partial charge on any atom is 0.119 e. The van der Waals surface area contributed by atoms with Gasteiger partial charge >= 0.3 is 0 Å². The van der Waals surface area contributed by atoms with E-state index >= 15 is 0 Å². The molecule has 2 saturated carbocycles. The molecule has 0 unspecified atom stereocenters. The second-order valence-corrected chi connectivity index (χ2v) is 7.18. The molecule has 2 fully saturated rings. The van der Waals surface area contributed by atoms with E-state index in [1.54, 1.807) is 0 Å². The molecule has 0 saturated heterocycles. The first kappa shape index (κ1) is 15.9. The molecule has 2 aliphatic carbocycles. The van der Waals surface area contributed by atoms with E-state index in [1.807, 2.05) is 24.3 Å². The van der Waals surface area contributed by atoms with Gasteiger partial charge in [-0.1, -0.05) is 50.7 Å². The summed E-state index contributed by atoms with van der Waals surface area (Å²) in [5.74, 6) is 2.47. The summed E-state index contributed by atoms with van der Waals surface area (Å²) in [5.41, 5.74) is 0.958. The Morgan fingerprint density at radius 2 is 1.32 bits per heavy atom. The lowest BCUT2D eigenvalue weighted by molar-refractivity contribution is 0.0389. The standard InChI is InChI=1S/C20H30O2/c21-15-16-11-13-19(14-12-16)22-20(17-7-3-1-4-8-17)18-9-5-2-6-10-18/h11-14,17-18,20-21H,1-10,15H2. The van der Waals surface area contributed by atoms with Crippen LogP contribution in [0.5, 0.6) is 5.75 Å². The third kappa shape index (κ3) is 4.04. The van der Waals surface area contributed by atoms with Crippen LogP contribution in [0.2, 0.25) is 0 Å². The normalized spacial score (nSPS) is 21.2. The van der Waals surface area contributed by atoms with Crippen LogP contribution in [-0.4, -0.2) is 11.2 Å². The van der Waals surface area contributed by atoms with Gasteiger partial charge in [-0.05, 0) is 55.2 Å². The molecule has 0 aliphatic heterocycles. The zero-order valence-corrected chi connectivity index (χ0v) is 13.7. The van der Waals surface area contributed by atoms with Gasteiger partial charge in [-0.25, -0.2) is 0 Å². The molecule has 122 valence electrons. The van der Waals surface area contributed by atoms with Gasteiger partial charge in [0.2, 0.25) is 0 Å². The lowest BCUT2D eigenvalue weighted by Gasteiger charge is -2.37. The minimum absolute atomic E-state index is 0.106. The first-order valence-corrected chi connectivity index (χ1v) is 9.23. The van der Waals surface area contributed by atoms with Gasteiger partial charge in [-0.3, -0.25) is 0 Å². The number of hydrogen-bond donors (Lipinski definition) is 1. The zero-order chi connectivity index (χ0) is 15.2. The van der Waals surface area contributed by atoms with Crippen LogP contribution in [0.4, 0.5) is 0 Å². The van der Waals surface area contributed by atoms with Gasteiger partial charge in [-0.15, -0.1) is 0 Å². The van der Waals surface area contributed by atoms with E-state index in [2.05, 4.69) is 0 Å². The predicted molar refractivity (Wildman–Crippen MR) is 89.9 cm³/mol. The van der Waals surface area contributed by atoms with Crippen LogP contribution < -0.4 is 4.74 Å². The Morgan fingerprint density at radius 1 is 0.818 bits per heavy atom. The van der Waals surface area contributed by atoms with Crippen molar-refractivity contribution in [2.75, 3.05) is 0 Å². The number of aliphatic hydroxyl groups excluding tert-OH is 1. The van der Waals surface area contributed by atoms with E-state index < -0.39 is 0 Å². The number of rotatable bonds is 5. The van der Waals surface area contributed by atoms with Gasteiger partial charge < -0.3 is 9.84 Å². The fraction of sp³-hybridized carbons (Fsp3) is 0.700. The molecule has 1 aromatic rings. The Kier molecular flexibility index (Phi) is 5.77. The van der Waals surface area contributed by atoms with E-state index in [0.29, 0.717) is 6.10 Å². The summed E-state index contributed by atoms with van der Waals surface area (Å²) in [4.78, 5) is 0. The van der Waals surface area contributed by atoms with E-state index in [-0.39, 0.29) is 6.61 Å². The highest BCUT2D eigenvalue weighted by Gasteiger charge is 2.33. The van der Waals surface area contributed by atoms with Crippen LogP contribution in [0.1, 0.15) is 69.8 Å². The van der Waals surface area contributed by atoms with E-state index in [4.69, 9.17) is 4.74 Å². The van der Waals surface area contributed by atoms with E-state index in [9.17, 15) is 5.11 Å². The summed E-state index contributed by atoms with van der Waals surface area (Å²) >= 11 is 0. The third-order valence-electron chi connectivity index (χ3n) is 5.61. The van der Waals surface area contributed by atoms with Gasteiger partial charge in [0.05, 0.1) is 6.61 Å². The van der Waals surface area contributed by atoms with Crippen LogP contribution in [0, 0.1) is 11.8 Å². The third-order valence-corrected chi connectivity index (χ3v) is 5.61. The maximum absolute atomic E-state index is 9.18. The van der Waals surface area contributed by atoms with Crippen molar-refractivity contribution in [2.45, 2.75) is 76.9 Å². The smallest absolute Gasteiger partial charge is 0.119 e. The molecule has 0 atom stereocenters. The van der Waals surface area contributed by atoms with Crippen molar-refractivity contribution in [3.8, 4) is 5.75 Å². The van der Waals surface area contributed by atoms with Gasteiger partial charge in [-0.2, -0.15) is 0 Å². The minimum atomic E-state index is 0.106. The maximum atomic E-state index is 9.18. The van der Waals surface area contributed by atoms with Crippen LogP contribution in [0.3, 0.4) is 0 Å². The quantitative estimate of drug-likeness (QED) is 0.821. The highest BCUT2D eigenvalue weighted by atomic mass is 16.5. The Bertz CT molecular complexity index is 410. The molecule has 22 heavy (non-hydrogen) atoms. The number of benzene rings is 1. The average molecular weight is 302 g/mol. The van der Waals surface area contributed by atoms with Crippen molar-refractivity contribution in [3.63, 3.8) is 0 Å². The first-order valence-electron chi connectivity index (χ1n) is 9.23. The van der Waals surface area contributed by atoms with Crippen molar-refractivity contribution < 1.29 is 9.84 Å². The van der Waals surface area contributed by atoms with Crippen molar-refractivity contribution in [3.05, 3.63) is 29.8 Å². The molecule has 0 amide bonds. The molecule has 0 radical (unpaired) electrons. The van der Waals surface area contributed by atoms with Gasteiger partial charge in [0.1, 0.15) is 11.9 Å². The van der Waals surface area contributed by atoms with Gasteiger partial charge in [0, 0.05) is 0 Å². The lowest BCUT2D eigenvalue weighted by Crippen LogP contribution is -2.37. The fourth-order valence-corrected chi connectivity index (χ4v) is 4.33. The molecule has 0 aromatic heterocycles. The Labute approximate surface area is 134 Å². The van der Waals surface area contributed by atoms with Crippen LogP contribution in [0.15, 0.2) is 24.3 Å². The molecule has 0 bridgehead atoms. The van der Waals surface area contributed by atoms with Gasteiger partial charge in [0.15, 0.2) is 0 Å². The number of hydrogen-bond acceptors (Lipinski definition) is 2. The minimum Gasteiger partial charge on any atom is -0.490 e. The van der Waals surface area contributed by atoms with Crippen LogP contribution in [0.25, 0.3) is 0 Å². The Balaban J connectivity index is 1.71.